The van der Waals surface area contributed by atoms with E-state index in [2.05, 4.69) is 205 Å². The zero-order chi connectivity index (χ0) is 50.1. The maximum Gasteiger partial charge on any atom is 0.160 e. The first kappa shape index (κ1) is 43.3. The summed E-state index contributed by atoms with van der Waals surface area (Å²) in [5, 5.41) is 6.58. The van der Waals surface area contributed by atoms with E-state index in [1.807, 2.05) is 54.7 Å². The molecular formula is C70H42N4O2. The number of furan rings is 2. The largest absolute Gasteiger partial charge is 0.456 e. The van der Waals surface area contributed by atoms with Gasteiger partial charge in [-0.15, -0.1) is 0 Å². The molecule has 0 aliphatic rings. The fourth-order valence-electron chi connectivity index (χ4n) is 10.8. The van der Waals surface area contributed by atoms with Crippen LogP contribution >= 0.6 is 0 Å². The molecule has 15 aromatic rings. The predicted octanol–water partition coefficient (Wildman–Crippen LogP) is 18.7. The third kappa shape index (κ3) is 7.67. The Balaban J connectivity index is 0.835. The highest BCUT2D eigenvalue weighted by Gasteiger charge is 2.17. The maximum absolute atomic E-state index is 6.16. The molecule has 0 spiro atoms. The first-order chi connectivity index (χ1) is 37.6. The molecule has 0 fully saturated rings. The molecule has 6 heteroatoms. The van der Waals surface area contributed by atoms with E-state index in [-0.39, 0.29) is 0 Å². The molecule has 0 radical (unpaired) electrons. The molecule has 0 aliphatic carbocycles. The zero-order valence-electron chi connectivity index (χ0n) is 40.9. The number of hydrogen-bond acceptors (Lipinski definition) is 6. The summed E-state index contributed by atoms with van der Waals surface area (Å²) in [4.78, 5) is 20.4. The van der Waals surface area contributed by atoms with Crippen LogP contribution in [0.3, 0.4) is 0 Å². The van der Waals surface area contributed by atoms with Crippen LogP contribution in [-0.2, 0) is 0 Å². The molecule has 354 valence electrons. The van der Waals surface area contributed by atoms with Crippen molar-refractivity contribution in [1.82, 2.24) is 19.9 Å². The van der Waals surface area contributed by atoms with Crippen molar-refractivity contribution in [2.75, 3.05) is 0 Å². The van der Waals surface area contributed by atoms with Gasteiger partial charge in [-0.05, 0) is 117 Å². The smallest absolute Gasteiger partial charge is 0.160 e. The lowest BCUT2D eigenvalue weighted by molar-refractivity contribution is 0.668. The van der Waals surface area contributed by atoms with Crippen LogP contribution in [0, 0.1) is 0 Å². The van der Waals surface area contributed by atoms with E-state index < -0.39 is 0 Å². The minimum Gasteiger partial charge on any atom is -0.456 e. The summed E-state index contributed by atoms with van der Waals surface area (Å²) in [5.74, 6) is 0.651. The predicted molar refractivity (Wildman–Crippen MR) is 311 cm³/mol. The summed E-state index contributed by atoms with van der Waals surface area (Å²) in [7, 11) is 0. The second-order valence-corrected chi connectivity index (χ2v) is 19.4. The molecule has 15 rings (SSSR count). The molecule has 10 aromatic carbocycles. The summed E-state index contributed by atoms with van der Waals surface area (Å²) >= 11 is 0. The number of fused-ring (bicyclic) bond motifs is 9. The van der Waals surface area contributed by atoms with Gasteiger partial charge >= 0.3 is 0 Å². The summed E-state index contributed by atoms with van der Waals surface area (Å²) in [6, 6.07) is 87.2. The lowest BCUT2D eigenvalue weighted by Crippen LogP contribution is -1.97. The number of pyridine rings is 2. The van der Waals surface area contributed by atoms with Crippen molar-refractivity contribution in [2.45, 2.75) is 0 Å². The second-order valence-electron chi connectivity index (χ2n) is 19.4. The molecule has 0 amide bonds. The summed E-state index contributed by atoms with van der Waals surface area (Å²) in [6.07, 6.45) is 1.83. The Bertz CT molecular complexity index is 4560. The highest BCUT2D eigenvalue weighted by atomic mass is 16.3. The highest BCUT2D eigenvalue weighted by Crippen LogP contribution is 2.39. The number of nitrogens with zero attached hydrogens (tertiary/aromatic N) is 4. The fourth-order valence-corrected chi connectivity index (χ4v) is 10.8. The van der Waals surface area contributed by atoms with Crippen LogP contribution in [0.15, 0.2) is 264 Å². The van der Waals surface area contributed by atoms with Gasteiger partial charge < -0.3 is 8.83 Å². The monoisotopic (exact) mass is 970 g/mol. The van der Waals surface area contributed by atoms with Gasteiger partial charge in [0, 0.05) is 60.8 Å². The van der Waals surface area contributed by atoms with Gasteiger partial charge in [-0.25, -0.2) is 15.0 Å². The van der Waals surface area contributed by atoms with Crippen LogP contribution in [0.5, 0.6) is 0 Å². The van der Waals surface area contributed by atoms with E-state index in [1.54, 1.807) is 0 Å². The molecule has 5 aromatic heterocycles. The SMILES string of the molecule is c1ccc(-c2nc(-c3ccc(-c4ccc5ccc6cccnc6c5n4)cc3)cc(-c3cc(-c4ccc(-c5ccc6oc7ccccc7c6c5)cc4)cc(-c4ccc(-c5ccc6oc7ccccc7c6c5)cc4)c3)n2)cc1. The van der Waals surface area contributed by atoms with E-state index >= 15 is 0 Å². The van der Waals surface area contributed by atoms with E-state index in [1.165, 1.54) is 0 Å². The van der Waals surface area contributed by atoms with Gasteiger partial charge in [0.15, 0.2) is 5.82 Å². The molecule has 0 saturated heterocycles. The van der Waals surface area contributed by atoms with Gasteiger partial charge in [-0.3, -0.25) is 4.98 Å². The van der Waals surface area contributed by atoms with Crippen molar-refractivity contribution in [3.8, 4) is 89.7 Å². The quantitative estimate of drug-likeness (QED) is 0.141. The van der Waals surface area contributed by atoms with E-state index in [0.717, 1.165) is 150 Å². The third-order valence-electron chi connectivity index (χ3n) is 14.8. The Kier molecular flexibility index (Phi) is 10.1. The summed E-state index contributed by atoms with van der Waals surface area (Å²) < 4.78 is 12.3. The van der Waals surface area contributed by atoms with Gasteiger partial charge in [0.2, 0.25) is 0 Å². The number of hydrogen-bond donors (Lipinski definition) is 0. The lowest BCUT2D eigenvalue weighted by Gasteiger charge is -2.14. The number of para-hydroxylation sites is 2. The van der Waals surface area contributed by atoms with Crippen molar-refractivity contribution in [2.24, 2.45) is 0 Å². The third-order valence-corrected chi connectivity index (χ3v) is 14.8. The number of aromatic nitrogens is 4. The summed E-state index contributed by atoms with van der Waals surface area (Å²) in [5.41, 5.74) is 20.7. The Morgan fingerprint density at radius 1 is 0.237 bits per heavy atom. The average Bonchev–Trinajstić information content (AvgIpc) is 4.09. The van der Waals surface area contributed by atoms with Crippen LogP contribution < -0.4 is 0 Å². The normalized spacial score (nSPS) is 11.7. The standard InChI is InChI=1S/C70H42N4O2/c1-2-9-51(10-3-1)70-73-62(48-26-24-47(25-27-48)61-33-30-50-29-28-49-11-8-36-71-68(49)69(50)72-61)42-63(74-70)56-38-54(45-20-16-43(17-21-45)52-31-34-66-59(40-52)57-12-4-6-14-64(57)75-66)37-55(39-56)46-22-18-44(19-23-46)53-32-35-67-60(41-53)58-13-5-7-15-65(58)76-67/h1-42H. The molecule has 0 atom stereocenters. The van der Waals surface area contributed by atoms with Crippen LogP contribution in [0.1, 0.15) is 0 Å². The first-order valence-electron chi connectivity index (χ1n) is 25.5. The zero-order valence-corrected chi connectivity index (χ0v) is 40.9. The van der Waals surface area contributed by atoms with Crippen LogP contribution in [0.2, 0.25) is 0 Å². The van der Waals surface area contributed by atoms with E-state index in [9.17, 15) is 0 Å². The van der Waals surface area contributed by atoms with Gasteiger partial charge in [0.05, 0.1) is 28.1 Å². The van der Waals surface area contributed by atoms with E-state index in [4.69, 9.17) is 23.8 Å². The summed E-state index contributed by atoms with van der Waals surface area (Å²) in [6.45, 7) is 0. The van der Waals surface area contributed by atoms with E-state index in [0.29, 0.717) is 5.82 Å². The van der Waals surface area contributed by atoms with Gasteiger partial charge in [0.25, 0.3) is 0 Å². The molecule has 0 saturated carbocycles. The number of benzene rings is 10. The molecular weight excluding hydrogens is 929 g/mol. The average molecular weight is 971 g/mol. The Labute approximate surface area is 436 Å². The molecule has 5 heterocycles. The van der Waals surface area contributed by atoms with Gasteiger partial charge in [-0.1, -0.05) is 176 Å². The van der Waals surface area contributed by atoms with Crippen molar-refractivity contribution in [3.63, 3.8) is 0 Å². The van der Waals surface area contributed by atoms with Crippen molar-refractivity contribution >= 4 is 65.7 Å². The molecule has 0 N–H and O–H groups in total. The van der Waals surface area contributed by atoms with Gasteiger partial charge in [0.1, 0.15) is 22.3 Å². The fraction of sp³-hybridized carbons (Fsp3) is 0. The highest BCUT2D eigenvalue weighted by molar-refractivity contribution is 6.08. The van der Waals surface area contributed by atoms with Crippen LogP contribution in [0.25, 0.3) is 155 Å². The molecule has 0 aliphatic heterocycles. The first-order valence-corrected chi connectivity index (χ1v) is 25.5. The Morgan fingerprint density at radius 3 is 1.28 bits per heavy atom. The van der Waals surface area contributed by atoms with Crippen LogP contribution in [0.4, 0.5) is 0 Å². The van der Waals surface area contributed by atoms with Gasteiger partial charge in [-0.2, -0.15) is 0 Å². The van der Waals surface area contributed by atoms with Crippen molar-refractivity contribution < 1.29 is 8.83 Å². The van der Waals surface area contributed by atoms with Crippen molar-refractivity contribution in [3.05, 3.63) is 255 Å². The number of rotatable bonds is 8. The minimum atomic E-state index is 0.651. The minimum absolute atomic E-state index is 0.651. The maximum atomic E-state index is 6.16. The Hall–Kier alpha value is -10.3. The topological polar surface area (TPSA) is 77.8 Å². The Morgan fingerprint density at radius 2 is 0.684 bits per heavy atom. The molecule has 0 unspecified atom stereocenters. The van der Waals surface area contributed by atoms with Crippen molar-refractivity contribution in [1.29, 1.82) is 0 Å². The molecule has 76 heavy (non-hydrogen) atoms. The molecule has 6 nitrogen and oxygen atoms in total. The second kappa shape index (κ2) is 17.7. The van der Waals surface area contributed by atoms with Crippen LogP contribution in [-0.4, -0.2) is 19.9 Å². The molecule has 0 bridgehead atoms. The lowest BCUT2D eigenvalue weighted by atomic mass is 9.92.